The van der Waals surface area contributed by atoms with E-state index in [1.807, 2.05) is 26.0 Å². The van der Waals surface area contributed by atoms with E-state index in [4.69, 9.17) is 4.74 Å². The van der Waals surface area contributed by atoms with Gasteiger partial charge in [-0.25, -0.2) is 9.59 Å². The third-order valence-electron chi connectivity index (χ3n) is 6.12. The Morgan fingerprint density at radius 1 is 1.15 bits per heavy atom. The van der Waals surface area contributed by atoms with Crippen molar-refractivity contribution in [2.45, 2.75) is 84.8 Å². The van der Waals surface area contributed by atoms with Crippen molar-refractivity contribution >= 4 is 17.9 Å². The fourth-order valence-electron chi connectivity index (χ4n) is 4.73. The second-order valence-electron chi connectivity index (χ2n) is 10.00. The maximum atomic E-state index is 13.5. The van der Waals surface area contributed by atoms with E-state index in [0.29, 0.717) is 31.1 Å². The number of nitrogens with one attached hydrogen (secondary N) is 1. The number of esters is 1. The minimum Gasteiger partial charge on any atom is -0.465 e. The molecule has 0 aliphatic carbocycles. The molecular weight excluding hydrogens is 418 g/mol. The average Bonchev–Trinajstić information content (AvgIpc) is 3.09. The highest BCUT2D eigenvalue weighted by atomic mass is 16.5. The second-order valence-corrected chi connectivity index (χ2v) is 10.00. The van der Waals surface area contributed by atoms with Gasteiger partial charge in [0.05, 0.1) is 19.2 Å². The number of methoxy groups -OCH3 is 1. The molecule has 2 rings (SSSR count). The molecule has 1 heterocycles. The molecule has 1 N–H and O–H groups in total. The van der Waals surface area contributed by atoms with Gasteiger partial charge in [-0.2, -0.15) is 0 Å². The van der Waals surface area contributed by atoms with Crippen LogP contribution < -0.4 is 5.32 Å². The predicted octanol–water partition coefficient (Wildman–Crippen LogP) is 4.60. The van der Waals surface area contributed by atoms with Crippen molar-refractivity contribution in [1.29, 1.82) is 0 Å². The smallest absolute Gasteiger partial charge is 0.337 e. The van der Waals surface area contributed by atoms with Gasteiger partial charge in [0.15, 0.2) is 0 Å². The van der Waals surface area contributed by atoms with Crippen LogP contribution in [0.2, 0.25) is 0 Å². The number of urea groups is 1. The normalized spacial score (nSPS) is 16.5. The molecule has 0 spiro atoms. The highest BCUT2D eigenvalue weighted by Crippen LogP contribution is 2.32. The number of amides is 3. The summed E-state index contributed by atoms with van der Waals surface area (Å²) in [6, 6.07) is 6.40. The van der Waals surface area contributed by atoms with Crippen LogP contribution in [0.25, 0.3) is 0 Å². The zero-order chi connectivity index (χ0) is 24.6. The zero-order valence-electron chi connectivity index (χ0n) is 21.1. The minimum atomic E-state index is -0.522. The summed E-state index contributed by atoms with van der Waals surface area (Å²) in [6.07, 6.45) is 5.16. The number of rotatable bonds is 12. The van der Waals surface area contributed by atoms with E-state index in [1.165, 1.54) is 7.11 Å². The standard InChI is InChI=1S/C26H41N3O4/c1-7-8-9-10-15-27-23(30)22-18-28(25(32)29(22)26(4,5)16-19(2)3)17-20-11-13-21(14-12-20)24(31)33-6/h11-14,19,22H,7-10,15-18H2,1-6H3,(H,27,30)/t22-/m0/s1. The van der Waals surface area contributed by atoms with Crippen LogP contribution in [0.5, 0.6) is 0 Å². The quantitative estimate of drug-likeness (QED) is 0.366. The Kier molecular flexibility index (Phi) is 9.74. The van der Waals surface area contributed by atoms with Gasteiger partial charge in [0.25, 0.3) is 0 Å². The first kappa shape index (κ1) is 26.7. The Morgan fingerprint density at radius 2 is 1.82 bits per heavy atom. The van der Waals surface area contributed by atoms with E-state index < -0.39 is 17.6 Å². The number of unbranched alkanes of at least 4 members (excludes halogenated alkanes) is 3. The van der Waals surface area contributed by atoms with E-state index >= 15 is 0 Å². The summed E-state index contributed by atoms with van der Waals surface area (Å²) in [6.45, 7) is 11.9. The molecule has 7 nitrogen and oxygen atoms in total. The minimum absolute atomic E-state index is 0.0831. The Morgan fingerprint density at radius 3 is 2.39 bits per heavy atom. The lowest BCUT2D eigenvalue weighted by atomic mass is 9.90. The molecule has 33 heavy (non-hydrogen) atoms. The molecule has 7 heteroatoms. The van der Waals surface area contributed by atoms with Crippen LogP contribution >= 0.6 is 0 Å². The SMILES string of the molecule is CCCCCCNC(=O)[C@@H]1CN(Cc2ccc(C(=O)OC)cc2)C(=O)N1C(C)(C)CC(C)C. The van der Waals surface area contributed by atoms with Crippen molar-refractivity contribution in [3.05, 3.63) is 35.4 Å². The lowest BCUT2D eigenvalue weighted by Gasteiger charge is -2.39. The first-order chi connectivity index (χ1) is 15.6. The maximum Gasteiger partial charge on any atom is 0.337 e. The summed E-state index contributed by atoms with van der Waals surface area (Å²) < 4.78 is 4.75. The van der Waals surface area contributed by atoms with Crippen LogP contribution in [0.4, 0.5) is 4.79 Å². The van der Waals surface area contributed by atoms with Gasteiger partial charge in [0, 0.05) is 18.6 Å². The summed E-state index contributed by atoms with van der Waals surface area (Å²) in [5.74, 6) is -0.0817. The summed E-state index contributed by atoms with van der Waals surface area (Å²) >= 11 is 0. The van der Waals surface area contributed by atoms with Gasteiger partial charge < -0.3 is 19.9 Å². The number of carbonyl (C=O) groups is 3. The number of hydrogen-bond donors (Lipinski definition) is 1. The van der Waals surface area contributed by atoms with Crippen LogP contribution in [0.3, 0.4) is 0 Å². The molecule has 1 aliphatic rings. The Labute approximate surface area is 198 Å². The molecular formula is C26H41N3O4. The molecule has 0 radical (unpaired) electrons. The summed E-state index contributed by atoms with van der Waals surface area (Å²) in [5.41, 5.74) is 0.922. The number of hydrogen-bond acceptors (Lipinski definition) is 4. The van der Waals surface area contributed by atoms with Crippen molar-refractivity contribution in [2.75, 3.05) is 20.2 Å². The number of carbonyl (C=O) groups excluding carboxylic acids is 3. The Balaban J connectivity index is 2.16. The lowest BCUT2D eigenvalue weighted by molar-refractivity contribution is -0.126. The van der Waals surface area contributed by atoms with Crippen LogP contribution in [0.1, 0.15) is 82.6 Å². The molecule has 1 aliphatic heterocycles. The summed E-state index contributed by atoms with van der Waals surface area (Å²) in [5, 5.41) is 3.06. The molecule has 0 bridgehead atoms. The van der Waals surface area contributed by atoms with Gasteiger partial charge in [-0.15, -0.1) is 0 Å². The number of benzene rings is 1. The number of ether oxygens (including phenoxy) is 1. The van der Waals surface area contributed by atoms with E-state index in [1.54, 1.807) is 21.9 Å². The Bertz CT molecular complexity index is 804. The molecule has 1 aromatic carbocycles. The molecule has 1 aromatic rings. The molecule has 3 amide bonds. The summed E-state index contributed by atoms with van der Waals surface area (Å²) in [4.78, 5) is 41.8. The molecule has 0 unspecified atom stereocenters. The van der Waals surface area contributed by atoms with E-state index in [2.05, 4.69) is 26.1 Å². The van der Waals surface area contributed by atoms with Gasteiger partial charge in [-0.1, -0.05) is 52.2 Å². The van der Waals surface area contributed by atoms with Crippen LogP contribution in [0, 0.1) is 5.92 Å². The largest absolute Gasteiger partial charge is 0.465 e. The molecule has 1 atom stereocenters. The highest BCUT2D eigenvalue weighted by Gasteiger charge is 2.48. The monoisotopic (exact) mass is 459 g/mol. The van der Waals surface area contributed by atoms with Gasteiger partial charge in [-0.05, 0) is 50.3 Å². The fraction of sp³-hybridized carbons (Fsp3) is 0.654. The summed E-state index contributed by atoms with van der Waals surface area (Å²) in [7, 11) is 1.35. The maximum absolute atomic E-state index is 13.5. The third kappa shape index (κ3) is 7.21. The van der Waals surface area contributed by atoms with Crippen molar-refractivity contribution in [1.82, 2.24) is 15.1 Å². The van der Waals surface area contributed by atoms with E-state index in [9.17, 15) is 14.4 Å². The van der Waals surface area contributed by atoms with Gasteiger partial charge in [0.1, 0.15) is 6.04 Å². The molecule has 0 saturated carbocycles. The van der Waals surface area contributed by atoms with Crippen molar-refractivity contribution in [2.24, 2.45) is 5.92 Å². The zero-order valence-corrected chi connectivity index (χ0v) is 21.1. The highest BCUT2D eigenvalue weighted by molar-refractivity contribution is 5.91. The third-order valence-corrected chi connectivity index (χ3v) is 6.12. The molecule has 1 saturated heterocycles. The van der Waals surface area contributed by atoms with Gasteiger partial charge in [0.2, 0.25) is 5.91 Å². The number of nitrogens with zero attached hydrogens (tertiary/aromatic N) is 2. The van der Waals surface area contributed by atoms with Crippen LogP contribution in [-0.2, 0) is 16.1 Å². The second kappa shape index (κ2) is 12.1. The molecule has 0 aromatic heterocycles. The predicted molar refractivity (Wildman–Crippen MR) is 130 cm³/mol. The lowest BCUT2D eigenvalue weighted by Crippen LogP contribution is -2.55. The van der Waals surface area contributed by atoms with Crippen molar-refractivity contribution in [3.8, 4) is 0 Å². The average molecular weight is 460 g/mol. The van der Waals surface area contributed by atoms with Crippen LogP contribution in [0.15, 0.2) is 24.3 Å². The van der Waals surface area contributed by atoms with Crippen molar-refractivity contribution < 1.29 is 19.1 Å². The Hall–Kier alpha value is -2.57. The topological polar surface area (TPSA) is 79.0 Å². The molecule has 184 valence electrons. The van der Waals surface area contributed by atoms with Gasteiger partial charge in [-0.3, -0.25) is 4.79 Å². The fourth-order valence-corrected chi connectivity index (χ4v) is 4.73. The first-order valence-electron chi connectivity index (χ1n) is 12.1. The van der Waals surface area contributed by atoms with E-state index in [-0.39, 0.29) is 11.9 Å². The molecule has 1 fully saturated rings. The van der Waals surface area contributed by atoms with Crippen LogP contribution in [-0.4, -0.2) is 59.5 Å². The van der Waals surface area contributed by atoms with Crippen molar-refractivity contribution in [3.63, 3.8) is 0 Å². The van der Waals surface area contributed by atoms with Gasteiger partial charge >= 0.3 is 12.0 Å². The first-order valence-corrected chi connectivity index (χ1v) is 12.1. The van der Waals surface area contributed by atoms with E-state index in [0.717, 1.165) is 37.7 Å².